The fraction of sp³-hybridized carbons (Fsp3) is 0.0667. The van der Waals surface area contributed by atoms with Crippen molar-refractivity contribution in [2.45, 2.75) is 6.54 Å². The Morgan fingerprint density at radius 3 is 2.45 bits per heavy atom. The van der Waals surface area contributed by atoms with Gasteiger partial charge in [-0.1, -0.05) is 18.2 Å². The highest BCUT2D eigenvalue weighted by Gasteiger charge is 2.08. The summed E-state index contributed by atoms with van der Waals surface area (Å²) in [5, 5.41) is 2.65. The molecule has 2 rings (SSSR count). The molecule has 0 aliphatic rings. The minimum atomic E-state index is -0.593. The summed E-state index contributed by atoms with van der Waals surface area (Å²) in [4.78, 5) is 23.0. The summed E-state index contributed by atoms with van der Waals surface area (Å²) in [6.45, 7) is 0.206. The third-order valence-electron chi connectivity index (χ3n) is 2.75. The van der Waals surface area contributed by atoms with Gasteiger partial charge in [-0.2, -0.15) is 0 Å². The van der Waals surface area contributed by atoms with Gasteiger partial charge >= 0.3 is 0 Å². The van der Waals surface area contributed by atoms with E-state index < -0.39 is 5.91 Å². The summed E-state index contributed by atoms with van der Waals surface area (Å²) in [7, 11) is 0. The van der Waals surface area contributed by atoms with Crippen molar-refractivity contribution in [1.29, 1.82) is 0 Å². The average molecular weight is 272 g/mol. The molecule has 0 unspecified atom stereocenters. The van der Waals surface area contributed by atoms with Crippen LogP contribution in [0.15, 0.2) is 48.5 Å². The summed E-state index contributed by atoms with van der Waals surface area (Å²) < 4.78 is 13.0. The van der Waals surface area contributed by atoms with E-state index in [1.807, 2.05) is 0 Å². The Kier molecular flexibility index (Phi) is 4.10. The first-order valence-electron chi connectivity index (χ1n) is 5.99. The first kappa shape index (κ1) is 13.7. The Balaban J connectivity index is 2.05. The van der Waals surface area contributed by atoms with Crippen LogP contribution >= 0.6 is 0 Å². The zero-order chi connectivity index (χ0) is 14.5. The van der Waals surface area contributed by atoms with Gasteiger partial charge in [0.15, 0.2) is 0 Å². The second kappa shape index (κ2) is 5.97. The van der Waals surface area contributed by atoms with Gasteiger partial charge in [-0.05, 0) is 35.9 Å². The van der Waals surface area contributed by atoms with Crippen LogP contribution in [0.1, 0.15) is 26.3 Å². The lowest BCUT2D eigenvalue weighted by Crippen LogP contribution is -2.23. The van der Waals surface area contributed by atoms with Gasteiger partial charge in [0, 0.05) is 17.7 Å². The molecule has 0 radical (unpaired) electrons. The molecular formula is C15H13FN2O2. The average Bonchev–Trinajstić information content (AvgIpc) is 2.45. The van der Waals surface area contributed by atoms with Crippen molar-refractivity contribution in [2.75, 3.05) is 0 Å². The number of hydrogen-bond acceptors (Lipinski definition) is 2. The molecule has 0 saturated heterocycles. The van der Waals surface area contributed by atoms with E-state index in [9.17, 15) is 14.0 Å². The van der Waals surface area contributed by atoms with Crippen molar-refractivity contribution < 1.29 is 14.0 Å². The van der Waals surface area contributed by atoms with Gasteiger partial charge in [-0.15, -0.1) is 0 Å². The fourth-order valence-corrected chi connectivity index (χ4v) is 1.75. The quantitative estimate of drug-likeness (QED) is 0.891. The highest BCUT2D eigenvalue weighted by atomic mass is 19.1. The second-order valence-electron chi connectivity index (χ2n) is 4.26. The number of amides is 2. The van der Waals surface area contributed by atoms with E-state index in [1.54, 1.807) is 24.3 Å². The van der Waals surface area contributed by atoms with Crippen LogP contribution < -0.4 is 11.1 Å². The zero-order valence-corrected chi connectivity index (χ0v) is 10.6. The molecule has 0 aromatic heterocycles. The highest BCUT2D eigenvalue weighted by molar-refractivity contribution is 5.99. The third-order valence-corrected chi connectivity index (χ3v) is 2.75. The number of carbonyl (C=O) groups is 2. The van der Waals surface area contributed by atoms with E-state index in [0.717, 1.165) is 0 Å². The van der Waals surface area contributed by atoms with Crippen LogP contribution in [0.25, 0.3) is 0 Å². The number of hydrogen-bond donors (Lipinski definition) is 2. The Morgan fingerprint density at radius 1 is 1.05 bits per heavy atom. The maximum absolute atomic E-state index is 13.0. The lowest BCUT2D eigenvalue weighted by Gasteiger charge is -2.06. The van der Waals surface area contributed by atoms with Crippen molar-refractivity contribution in [3.05, 3.63) is 71.0 Å². The number of nitrogens with one attached hydrogen (secondary N) is 1. The maximum atomic E-state index is 13.0. The molecule has 4 nitrogen and oxygen atoms in total. The summed E-state index contributed by atoms with van der Waals surface area (Å²) >= 11 is 0. The van der Waals surface area contributed by atoms with Crippen molar-refractivity contribution in [1.82, 2.24) is 5.32 Å². The van der Waals surface area contributed by atoms with Gasteiger partial charge in [0.25, 0.3) is 5.91 Å². The molecule has 2 aromatic rings. The summed E-state index contributed by atoms with van der Waals surface area (Å²) in [5.74, 6) is -1.30. The number of halogens is 1. The van der Waals surface area contributed by atoms with Crippen LogP contribution in [0.2, 0.25) is 0 Å². The first-order valence-corrected chi connectivity index (χ1v) is 5.99. The van der Waals surface area contributed by atoms with Crippen LogP contribution in [0, 0.1) is 5.82 Å². The molecule has 0 fully saturated rings. The van der Waals surface area contributed by atoms with E-state index >= 15 is 0 Å². The summed E-state index contributed by atoms with van der Waals surface area (Å²) in [6, 6.07) is 12.1. The largest absolute Gasteiger partial charge is 0.366 e. The summed E-state index contributed by atoms with van der Waals surface area (Å²) in [5.41, 5.74) is 6.41. The smallest absolute Gasteiger partial charge is 0.251 e. The predicted octanol–water partition coefficient (Wildman–Crippen LogP) is 1.85. The Bertz CT molecular complexity index is 656. The number of carbonyl (C=O) groups excluding carboxylic acids is 2. The summed E-state index contributed by atoms with van der Waals surface area (Å²) in [6.07, 6.45) is 0. The van der Waals surface area contributed by atoms with Crippen molar-refractivity contribution in [3.63, 3.8) is 0 Å². The van der Waals surface area contributed by atoms with Gasteiger partial charge in [0.2, 0.25) is 5.91 Å². The lowest BCUT2D eigenvalue weighted by atomic mass is 10.1. The molecule has 0 heterocycles. The molecule has 0 bridgehead atoms. The van der Waals surface area contributed by atoms with Gasteiger partial charge in [-0.25, -0.2) is 4.39 Å². The van der Waals surface area contributed by atoms with Crippen LogP contribution in [0.4, 0.5) is 4.39 Å². The van der Waals surface area contributed by atoms with Crippen LogP contribution in [0.5, 0.6) is 0 Å². The lowest BCUT2D eigenvalue weighted by molar-refractivity contribution is 0.0951. The normalized spacial score (nSPS) is 10.1. The minimum absolute atomic E-state index is 0.206. The Hall–Kier alpha value is -2.69. The number of benzene rings is 2. The van der Waals surface area contributed by atoms with Gasteiger partial charge in [0.1, 0.15) is 5.82 Å². The molecular weight excluding hydrogens is 259 g/mol. The maximum Gasteiger partial charge on any atom is 0.251 e. The van der Waals surface area contributed by atoms with E-state index in [-0.39, 0.29) is 23.8 Å². The molecule has 0 spiro atoms. The number of nitrogens with two attached hydrogens (primary N) is 1. The first-order chi connectivity index (χ1) is 9.56. The van der Waals surface area contributed by atoms with Gasteiger partial charge in [-0.3, -0.25) is 9.59 Å². The number of primary amides is 1. The predicted molar refractivity (Wildman–Crippen MR) is 72.5 cm³/mol. The van der Waals surface area contributed by atoms with Gasteiger partial charge in [0.05, 0.1) is 0 Å². The molecule has 2 aromatic carbocycles. The molecule has 3 N–H and O–H groups in total. The molecule has 0 aliphatic carbocycles. The molecule has 5 heteroatoms. The van der Waals surface area contributed by atoms with E-state index in [1.165, 1.54) is 24.3 Å². The third kappa shape index (κ3) is 3.41. The molecule has 20 heavy (non-hydrogen) atoms. The molecule has 0 saturated carbocycles. The molecule has 0 aliphatic heterocycles. The van der Waals surface area contributed by atoms with E-state index in [0.29, 0.717) is 11.1 Å². The molecule has 102 valence electrons. The molecule has 2 amide bonds. The topological polar surface area (TPSA) is 72.2 Å². The zero-order valence-electron chi connectivity index (χ0n) is 10.6. The van der Waals surface area contributed by atoms with Crippen LogP contribution in [0.3, 0.4) is 0 Å². The Morgan fingerprint density at radius 2 is 1.75 bits per heavy atom. The molecule has 0 atom stereocenters. The van der Waals surface area contributed by atoms with Crippen LogP contribution in [-0.2, 0) is 6.54 Å². The number of rotatable bonds is 4. The van der Waals surface area contributed by atoms with E-state index in [2.05, 4.69) is 5.32 Å². The van der Waals surface area contributed by atoms with Crippen molar-refractivity contribution >= 4 is 11.8 Å². The highest BCUT2D eigenvalue weighted by Crippen LogP contribution is 2.06. The van der Waals surface area contributed by atoms with Crippen molar-refractivity contribution in [3.8, 4) is 0 Å². The fourth-order valence-electron chi connectivity index (χ4n) is 1.75. The monoisotopic (exact) mass is 272 g/mol. The van der Waals surface area contributed by atoms with Gasteiger partial charge < -0.3 is 11.1 Å². The second-order valence-corrected chi connectivity index (χ2v) is 4.26. The van der Waals surface area contributed by atoms with E-state index in [4.69, 9.17) is 5.73 Å². The van der Waals surface area contributed by atoms with Crippen molar-refractivity contribution in [2.24, 2.45) is 5.73 Å². The SMILES string of the molecule is NC(=O)c1cccc(C(=O)NCc2cccc(F)c2)c1. The van der Waals surface area contributed by atoms with Crippen LogP contribution in [-0.4, -0.2) is 11.8 Å². The Labute approximate surface area is 115 Å². The standard InChI is InChI=1S/C15H13FN2O2/c16-13-6-1-3-10(7-13)9-18-15(20)12-5-2-4-11(8-12)14(17)19/h1-8H,9H2,(H2,17,19)(H,18,20). The minimum Gasteiger partial charge on any atom is -0.366 e.